The zero-order valence-electron chi connectivity index (χ0n) is 9.33. The maximum Gasteiger partial charge on any atom is 0.418 e. The van der Waals surface area contributed by atoms with Crippen LogP contribution in [0.15, 0.2) is 24.3 Å². The number of hydrogen-bond acceptors (Lipinski definition) is 2. The lowest BCUT2D eigenvalue weighted by atomic mass is 10.1. The van der Waals surface area contributed by atoms with Crippen molar-refractivity contribution in [2.75, 3.05) is 13.2 Å². The highest BCUT2D eigenvalue weighted by molar-refractivity contribution is 5.25. The van der Waals surface area contributed by atoms with E-state index in [2.05, 4.69) is 0 Å². The predicted octanol–water partition coefficient (Wildman–Crippen LogP) is 3.01. The molecule has 1 saturated heterocycles. The summed E-state index contributed by atoms with van der Waals surface area (Å²) in [6.07, 6.45) is -6.45. The minimum Gasteiger partial charge on any atom is -0.371 e. The molecule has 0 aliphatic carbocycles. The second-order valence-electron chi connectivity index (χ2n) is 4.12. The van der Waals surface area contributed by atoms with Crippen LogP contribution in [-0.2, 0) is 9.47 Å². The summed E-state index contributed by atoms with van der Waals surface area (Å²) in [4.78, 5) is 0. The summed E-state index contributed by atoms with van der Waals surface area (Å²) in [5.41, 5.74) is 0.918. The normalized spacial score (nSPS) is 21.3. The lowest BCUT2D eigenvalue weighted by molar-refractivity contribution is -0.224. The fourth-order valence-electron chi connectivity index (χ4n) is 1.58. The topological polar surface area (TPSA) is 21.8 Å². The van der Waals surface area contributed by atoms with E-state index in [4.69, 9.17) is 9.47 Å². The molecule has 5 heteroatoms. The summed E-state index contributed by atoms with van der Waals surface area (Å²) in [5, 5.41) is 0. The predicted molar refractivity (Wildman–Crippen MR) is 55.7 cm³/mol. The van der Waals surface area contributed by atoms with E-state index >= 15 is 0 Å². The van der Waals surface area contributed by atoms with E-state index in [1.807, 2.05) is 0 Å². The van der Waals surface area contributed by atoms with Gasteiger partial charge in [-0.25, -0.2) is 0 Å². The average molecular weight is 246 g/mol. The van der Waals surface area contributed by atoms with Gasteiger partial charge in [-0.1, -0.05) is 29.8 Å². The highest BCUT2D eigenvalue weighted by Gasteiger charge is 2.43. The van der Waals surface area contributed by atoms with Crippen molar-refractivity contribution in [2.24, 2.45) is 0 Å². The fraction of sp³-hybridized carbons (Fsp3) is 0.500. The number of hydrogen-bond donors (Lipinski definition) is 0. The fourth-order valence-corrected chi connectivity index (χ4v) is 1.58. The summed E-state index contributed by atoms with van der Waals surface area (Å²) < 4.78 is 48.3. The molecular weight excluding hydrogens is 233 g/mol. The Bertz CT molecular complexity index is 386. The van der Waals surface area contributed by atoms with Gasteiger partial charge in [0.15, 0.2) is 6.10 Å². The highest BCUT2D eigenvalue weighted by Crippen LogP contribution is 2.36. The number of rotatable bonds is 4. The van der Waals surface area contributed by atoms with E-state index in [0.717, 1.165) is 5.56 Å². The van der Waals surface area contributed by atoms with Crippen LogP contribution < -0.4 is 0 Å². The van der Waals surface area contributed by atoms with E-state index in [1.54, 1.807) is 19.1 Å². The molecule has 1 aliphatic heterocycles. The zero-order chi connectivity index (χ0) is 12.5. The van der Waals surface area contributed by atoms with E-state index in [9.17, 15) is 13.2 Å². The molecule has 0 aromatic heterocycles. The van der Waals surface area contributed by atoms with E-state index < -0.39 is 12.3 Å². The van der Waals surface area contributed by atoms with Gasteiger partial charge in [0.2, 0.25) is 0 Å². The Kier molecular flexibility index (Phi) is 3.40. The van der Waals surface area contributed by atoms with E-state index in [1.165, 1.54) is 12.1 Å². The molecule has 0 unspecified atom stereocenters. The summed E-state index contributed by atoms with van der Waals surface area (Å²) in [6, 6.07) is 6.27. The molecule has 0 bridgehead atoms. The summed E-state index contributed by atoms with van der Waals surface area (Å²) >= 11 is 0. The first-order valence-corrected chi connectivity index (χ1v) is 5.33. The van der Waals surface area contributed by atoms with Gasteiger partial charge in [0.25, 0.3) is 0 Å². The van der Waals surface area contributed by atoms with E-state index in [0.29, 0.717) is 6.61 Å². The summed E-state index contributed by atoms with van der Waals surface area (Å²) in [6.45, 7) is 2.22. The second-order valence-corrected chi connectivity index (χ2v) is 4.12. The Morgan fingerprint density at radius 2 is 2.18 bits per heavy atom. The Balaban J connectivity index is 2.13. The summed E-state index contributed by atoms with van der Waals surface area (Å²) in [7, 11) is 0. The second kappa shape index (κ2) is 4.66. The third kappa shape index (κ3) is 3.44. The van der Waals surface area contributed by atoms with Crippen LogP contribution in [0.25, 0.3) is 0 Å². The van der Waals surface area contributed by atoms with Gasteiger partial charge in [-0.05, 0) is 12.5 Å². The Morgan fingerprint density at radius 1 is 1.47 bits per heavy atom. The van der Waals surface area contributed by atoms with Crippen molar-refractivity contribution in [3.63, 3.8) is 0 Å². The number of benzene rings is 1. The maximum absolute atomic E-state index is 12.8. The van der Waals surface area contributed by atoms with Crippen molar-refractivity contribution in [1.29, 1.82) is 0 Å². The van der Waals surface area contributed by atoms with Gasteiger partial charge in [-0.3, -0.25) is 0 Å². The van der Waals surface area contributed by atoms with Crippen LogP contribution in [0.1, 0.15) is 17.2 Å². The quantitative estimate of drug-likeness (QED) is 0.762. The zero-order valence-corrected chi connectivity index (χ0v) is 9.33. The summed E-state index contributed by atoms with van der Waals surface area (Å²) in [5.74, 6) is 0. The van der Waals surface area contributed by atoms with Crippen LogP contribution >= 0.6 is 0 Å². The largest absolute Gasteiger partial charge is 0.418 e. The van der Waals surface area contributed by atoms with Crippen LogP contribution in [0.5, 0.6) is 0 Å². The molecule has 1 aromatic carbocycles. The molecule has 2 nitrogen and oxygen atoms in total. The highest BCUT2D eigenvalue weighted by atomic mass is 19.4. The van der Waals surface area contributed by atoms with Crippen LogP contribution in [0.2, 0.25) is 0 Å². The number of aryl methyl sites for hydroxylation is 1. The molecule has 1 aromatic rings. The Morgan fingerprint density at radius 3 is 2.71 bits per heavy atom. The molecule has 2 atom stereocenters. The number of halogens is 3. The third-order valence-corrected chi connectivity index (χ3v) is 2.49. The van der Waals surface area contributed by atoms with Crippen molar-refractivity contribution >= 4 is 0 Å². The van der Waals surface area contributed by atoms with Crippen LogP contribution in [0.3, 0.4) is 0 Å². The lowest BCUT2D eigenvalue weighted by Crippen LogP contribution is -2.25. The molecule has 94 valence electrons. The number of epoxide rings is 1. The van der Waals surface area contributed by atoms with Gasteiger partial charge >= 0.3 is 6.18 Å². The molecule has 0 spiro atoms. The number of alkyl halides is 3. The average Bonchev–Trinajstić information content (AvgIpc) is 3.00. The first-order chi connectivity index (χ1) is 7.97. The Hall–Kier alpha value is -1.07. The van der Waals surface area contributed by atoms with Gasteiger partial charge in [0.1, 0.15) is 6.10 Å². The first-order valence-electron chi connectivity index (χ1n) is 5.33. The minimum atomic E-state index is -4.40. The molecular formula is C12H13F3O2. The van der Waals surface area contributed by atoms with Crippen molar-refractivity contribution in [1.82, 2.24) is 0 Å². The van der Waals surface area contributed by atoms with Crippen LogP contribution in [0, 0.1) is 6.92 Å². The third-order valence-electron chi connectivity index (χ3n) is 2.49. The molecule has 1 fully saturated rings. The van der Waals surface area contributed by atoms with Crippen molar-refractivity contribution in [3.05, 3.63) is 35.4 Å². The van der Waals surface area contributed by atoms with E-state index in [-0.39, 0.29) is 18.3 Å². The molecule has 0 amide bonds. The molecule has 0 N–H and O–H groups in total. The van der Waals surface area contributed by atoms with Crippen molar-refractivity contribution < 1.29 is 22.6 Å². The van der Waals surface area contributed by atoms with Crippen molar-refractivity contribution in [2.45, 2.75) is 25.3 Å². The van der Waals surface area contributed by atoms with Gasteiger partial charge in [0, 0.05) is 0 Å². The smallest absolute Gasteiger partial charge is 0.371 e. The monoisotopic (exact) mass is 246 g/mol. The Labute approximate surface area is 97.3 Å². The standard InChI is InChI=1S/C12H13F3O2/c1-8-3-2-4-9(5-8)11(12(13,14)15)17-7-10-6-16-10/h2-5,10-11H,6-7H2,1H3/t10-,11-/m0/s1. The van der Waals surface area contributed by atoms with Gasteiger partial charge < -0.3 is 9.47 Å². The van der Waals surface area contributed by atoms with Crippen LogP contribution in [-0.4, -0.2) is 25.5 Å². The van der Waals surface area contributed by atoms with Gasteiger partial charge in [0.05, 0.1) is 13.2 Å². The molecule has 1 heterocycles. The molecule has 1 aliphatic rings. The molecule has 0 radical (unpaired) electrons. The van der Waals surface area contributed by atoms with Crippen LogP contribution in [0.4, 0.5) is 13.2 Å². The molecule has 17 heavy (non-hydrogen) atoms. The minimum absolute atomic E-state index is 0.0158. The van der Waals surface area contributed by atoms with Crippen molar-refractivity contribution in [3.8, 4) is 0 Å². The molecule has 0 saturated carbocycles. The first kappa shape index (κ1) is 12.4. The van der Waals surface area contributed by atoms with Gasteiger partial charge in [-0.2, -0.15) is 13.2 Å². The SMILES string of the molecule is Cc1cccc([C@H](OC[C@@H]2CO2)C(F)(F)F)c1. The molecule has 2 rings (SSSR count). The number of ether oxygens (including phenoxy) is 2. The maximum atomic E-state index is 12.8. The van der Waals surface area contributed by atoms with Gasteiger partial charge in [-0.15, -0.1) is 0 Å². The lowest BCUT2D eigenvalue weighted by Gasteiger charge is -2.21.